The average molecular weight is 363 g/mol. The van der Waals surface area contributed by atoms with Gasteiger partial charge in [-0.25, -0.2) is 0 Å². The fraction of sp³-hybridized carbons (Fsp3) is 0.556. The predicted molar refractivity (Wildman–Crippen MR) is 100 cm³/mol. The number of carbonyl (C=O) groups excluding carboxylic acids is 1. The fourth-order valence-corrected chi connectivity index (χ4v) is 4.60. The third-order valence-corrected chi connectivity index (χ3v) is 5.96. The molecule has 3 rings (SSSR count). The first-order chi connectivity index (χ1) is 12.1. The Bertz CT molecular complexity index is 637. The van der Waals surface area contributed by atoms with Crippen LogP contribution in [-0.4, -0.2) is 41.7 Å². The van der Waals surface area contributed by atoms with Crippen molar-refractivity contribution in [1.82, 2.24) is 10.3 Å². The summed E-state index contributed by atoms with van der Waals surface area (Å²) in [5.74, 6) is 0.781. The van der Waals surface area contributed by atoms with Crippen LogP contribution in [0.5, 0.6) is 11.5 Å². The molecule has 1 amide bonds. The molecule has 0 radical (unpaired) electrons. The number of rotatable bonds is 6. The summed E-state index contributed by atoms with van der Waals surface area (Å²) in [5.41, 5.74) is 2.07. The molecule has 1 aromatic carbocycles. The minimum atomic E-state index is -0.216. The molecule has 1 heterocycles. The second kappa shape index (κ2) is 7.56. The number of thioether (sulfide) groups is 1. The lowest BCUT2D eigenvalue weighted by Crippen LogP contribution is -2.52. The molecule has 1 atom stereocenters. The van der Waals surface area contributed by atoms with Crippen molar-refractivity contribution in [1.29, 1.82) is 0 Å². The molecule has 2 aliphatic rings. The standard InChI is InChI=1S/C18H25N3O3S/c1-4-18(10-5-6-11-18)21-17(25-12-19-21)20-16(22)15-13(23-2)8-7-9-14(15)24-3/h7-9,12,17H,4-6,10-11H2,1-3H3,(H,20,22). The summed E-state index contributed by atoms with van der Waals surface area (Å²) < 4.78 is 10.7. The molecule has 1 aromatic rings. The number of ether oxygens (including phenoxy) is 2. The molecule has 136 valence electrons. The van der Waals surface area contributed by atoms with Crippen molar-refractivity contribution in [3.05, 3.63) is 23.8 Å². The number of hydrogen-bond acceptors (Lipinski definition) is 6. The predicted octanol–water partition coefficient (Wildman–Crippen LogP) is 3.43. The molecule has 7 heteroatoms. The molecule has 0 bridgehead atoms. The van der Waals surface area contributed by atoms with Crippen molar-refractivity contribution in [2.24, 2.45) is 5.10 Å². The molecule has 1 unspecified atom stereocenters. The van der Waals surface area contributed by atoms with Crippen molar-refractivity contribution in [3.8, 4) is 11.5 Å². The summed E-state index contributed by atoms with van der Waals surface area (Å²) in [6.45, 7) is 2.20. The Hall–Kier alpha value is -1.89. The van der Waals surface area contributed by atoms with Crippen LogP contribution in [0.3, 0.4) is 0 Å². The number of amides is 1. The number of methoxy groups -OCH3 is 2. The Labute approximate surface area is 152 Å². The van der Waals surface area contributed by atoms with Gasteiger partial charge in [0.15, 0.2) is 5.50 Å². The zero-order valence-electron chi connectivity index (χ0n) is 14.9. The lowest BCUT2D eigenvalue weighted by atomic mass is 9.93. The number of nitrogens with one attached hydrogen (secondary N) is 1. The first-order valence-corrected chi connectivity index (χ1v) is 9.58. The monoisotopic (exact) mass is 363 g/mol. The average Bonchev–Trinajstić information content (AvgIpc) is 3.30. The van der Waals surface area contributed by atoms with E-state index in [1.165, 1.54) is 24.6 Å². The molecule has 1 saturated carbocycles. The van der Waals surface area contributed by atoms with E-state index in [0.29, 0.717) is 17.1 Å². The van der Waals surface area contributed by atoms with Crippen LogP contribution in [0.4, 0.5) is 0 Å². The largest absolute Gasteiger partial charge is 0.496 e. The van der Waals surface area contributed by atoms with Crippen molar-refractivity contribution in [2.75, 3.05) is 14.2 Å². The van der Waals surface area contributed by atoms with Crippen LogP contribution in [0.2, 0.25) is 0 Å². The maximum absolute atomic E-state index is 12.9. The highest BCUT2D eigenvalue weighted by atomic mass is 32.2. The Balaban J connectivity index is 1.82. The van der Waals surface area contributed by atoms with Crippen molar-refractivity contribution < 1.29 is 14.3 Å². The summed E-state index contributed by atoms with van der Waals surface area (Å²) in [6, 6.07) is 5.33. The van der Waals surface area contributed by atoms with E-state index < -0.39 is 0 Å². The molecule has 1 N–H and O–H groups in total. The SMILES string of the molecule is CCC1(N2N=CSC2NC(=O)c2c(OC)cccc2OC)CCCC1. The second-order valence-electron chi connectivity index (χ2n) is 6.35. The van der Waals surface area contributed by atoms with Gasteiger partial charge in [-0.1, -0.05) is 37.6 Å². The lowest BCUT2D eigenvalue weighted by molar-refractivity contribution is 0.0622. The van der Waals surface area contributed by atoms with E-state index >= 15 is 0 Å². The molecule has 0 saturated heterocycles. The number of carbonyl (C=O) groups is 1. The van der Waals surface area contributed by atoms with Gasteiger partial charge in [-0.05, 0) is 31.4 Å². The molecule has 1 fully saturated rings. The summed E-state index contributed by atoms with van der Waals surface area (Å²) >= 11 is 1.52. The highest BCUT2D eigenvalue weighted by Crippen LogP contribution is 2.42. The molecule has 0 aromatic heterocycles. The minimum absolute atomic E-state index is 0.0445. The Morgan fingerprint density at radius 2 is 1.96 bits per heavy atom. The Morgan fingerprint density at radius 3 is 2.52 bits per heavy atom. The number of hydrogen-bond donors (Lipinski definition) is 1. The van der Waals surface area contributed by atoms with Crippen LogP contribution in [0.1, 0.15) is 49.4 Å². The Kier molecular flexibility index (Phi) is 5.42. The number of hydrazone groups is 1. The number of benzene rings is 1. The highest BCUT2D eigenvalue weighted by molar-refractivity contribution is 8.12. The van der Waals surface area contributed by atoms with Crippen molar-refractivity contribution in [2.45, 2.75) is 50.1 Å². The first-order valence-electron chi connectivity index (χ1n) is 8.64. The summed E-state index contributed by atoms with van der Waals surface area (Å²) in [4.78, 5) is 12.9. The van der Waals surface area contributed by atoms with Gasteiger partial charge in [-0.15, -0.1) is 0 Å². The third kappa shape index (κ3) is 3.29. The summed E-state index contributed by atoms with van der Waals surface area (Å²) in [5, 5.41) is 9.75. The third-order valence-electron chi connectivity index (χ3n) is 5.17. The first kappa shape index (κ1) is 17.9. The maximum Gasteiger partial charge on any atom is 0.261 e. The van der Waals surface area contributed by atoms with Gasteiger partial charge in [0.25, 0.3) is 5.91 Å². The quantitative estimate of drug-likeness (QED) is 0.839. The van der Waals surface area contributed by atoms with E-state index in [0.717, 1.165) is 19.3 Å². The molecular formula is C18H25N3O3S. The van der Waals surface area contributed by atoms with E-state index in [2.05, 4.69) is 22.4 Å². The van der Waals surface area contributed by atoms with Gasteiger partial charge in [0.05, 0.1) is 25.3 Å². The van der Waals surface area contributed by atoms with Crippen LogP contribution in [-0.2, 0) is 0 Å². The molecule has 1 aliphatic carbocycles. The van der Waals surface area contributed by atoms with Gasteiger partial charge in [0.1, 0.15) is 17.1 Å². The van der Waals surface area contributed by atoms with Crippen LogP contribution in [0.25, 0.3) is 0 Å². The molecule has 1 aliphatic heterocycles. The fourth-order valence-electron chi connectivity index (χ4n) is 3.76. The van der Waals surface area contributed by atoms with Crippen LogP contribution in [0, 0.1) is 0 Å². The van der Waals surface area contributed by atoms with Crippen molar-refractivity contribution >= 4 is 23.2 Å². The summed E-state index contributed by atoms with van der Waals surface area (Å²) in [6.07, 6.45) is 5.68. The normalized spacial score (nSPS) is 21.4. The van der Waals surface area contributed by atoms with Crippen molar-refractivity contribution in [3.63, 3.8) is 0 Å². The van der Waals surface area contributed by atoms with E-state index in [4.69, 9.17) is 9.47 Å². The zero-order valence-corrected chi connectivity index (χ0v) is 15.8. The second-order valence-corrected chi connectivity index (χ2v) is 7.28. The van der Waals surface area contributed by atoms with E-state index in [1.807, 2.05) is 5.55 Å². The van der Waals surface area contributed by atoms with Gasteiger partial charge >= 0.3 is 0 Å². The maximum atomic E-state index is 12.9. The molecule has 0 spiro atoms. The van der Waals surface area contributed by atoms with E-state index in [9.17, 15) is 4.79 Å². The van der Waals surface area contributed by atoms with Gasteiger partial charge in [-0.3, -0.25) is 9.80 Å². The van der Waals surface area contributed by atoms with E-state index in [1.54, 1.807) is 32.4 Å². The topological polar surface area (TPSA) is 63.2 Å². The minimum Gasteiger partial charge on any atom is -0.496 e. The highest BCUT2D eigenvalue weighted by Gasteiger charge is 2.43. The summed E-state index contributed by atoms with van der Waals surface area (Å²) in [7, 11) is 3.10. The molecule has 25 heavy (non-hydrogen) atoms. The van der Waals surface area contributed by atoms with Gasteiger partial charge in [0.2, 0.25) is 0 Å². The van der Waals surface area contributed by atoms with Crippen LogP contribution >= 0.6 is 11.8 Å². The molecule has 6 nitrogen and oxygen atoms in total. The van der Waals surface area contributed by atoms with Crippen LogP contribution < -0.4 is 14.8 Å². The Morgan fingerprint density at radius 1 is 1.32 bits per heavy atom. The number of nitrogens with zero attached hydrogens (tertiary/aromatic N) is 2. The van der Waals surface area contributed by atoms with Crippen LogP contribution in [0.15, 0.2) is 23.3 Å². The van der Waals surface area contributed by atoms with Gasteiger partial charge < -0.3 is 14.8 Å². The molecular weight excluding hydrogens is 338 g/mol. The van der Waals surface area contributed by atoms with E-state index in [-0.39, 0.29) is 16.9 Å². The van der Waals surface area contributed by atoms with Gasteiger partial charge in [-0.2, -0.15) is 5.10 Å². The smallest absolute Gasteiger partial charge is 0.261 e. The zero-order chi connectivity index (χ0) is 17.9. The lowest BCUT2D eigenvalue weighted by Gasteiger charge is -2.40. The van der Waals surface area contributed by atoms with Gasteiger partial charge in [0, 0.05) is 0 Å².